The van der Waals surface area contributed by atoms with Gasteiger partial charge in [-0.05, 0) is 55.1 Å². The highest BCUT2D eigenvalue weighted by molar-refractivity contribution is 5.96. The number of amides is 1. The van der Waals surface area contributed by atoms with Crippen LogP contribution in [-0.4, -0.2) is 49.1 Å². The first-order chi connectivity index (χ1) is 16.1. The zero-order valence-corrected chi connectivity index (χ0v) is 19.4. The highest BCUT2D eigenvalue weighted by atomic mass is 16.5. The molecule has 3 aromatic rings. The van der Waals surface area contributed by atoms with Gasteiger partial charge in [0.1, 0.15) is 17.9 Å². The number of nitrogens with one attached hydrogen (secondary N) is 1. The maximum absolute atomic E-state index is 12.8. The van der Waals surface area contributed by atoms with Gasteiger partial charge < -0.3 is 24.4 Å². The molecule has 174 valence electrons. The zero-order chi connectivity index (χ0) is 23.5. The van der Waals surface area contributed by atoms with Crippen LogP contribution in [0.15, 0.2) is 66.9 Å². The van der Waals surface area contributed by atoms with Gasteiger partial charge in [-0.3, -0.25) is 4.79 Å². The third-order valence-corrected chi connectivity index (χ3v) is 5.21. The van der Waals surface area contributed by atoms with Crippen molar-refractivity contribution in [3.63, 3.8) is 0 Å². The number of carbonyl (C=O) groups is 1. The summed E-state index contributed by atoms with van der Waals surface area (Å²) in [5.74, 6) is 1.93. The lowest BCUT2D eigenvalue weighted by Gasteiger charge is -2.19. The number of hydrogen-bond acceptors (Lipinski definition) is 6. The van der Waals surface area contributed by atoms with E-state index >= 15 is 0 Å². The van der Waals surface area contributed by atoms with Gasteiger partial charge in [-0.25, -0.2) is 4.98 Å². The number of para-hydroxylation sites is 1. The number of aromatic nitrogens is 1. The molecular weight excluding hydrogens is 418 g/mol. The van der Waals surface area contributed by atoms with E-state index in [9.17, 15) is 4.79 Å². The van der Waals surface area contributed by atoms with Crippen LogP contribution in [0.5, 0.6) is 23.1 Å². The minimum Gasteiger partial charge on any atom is -0.493 e. The summed E-state index contributed by atoms with van der Waals surface area (Å²) in [4.78, 5) is 19.3. The molecule has 0 radical (unpaired) electrons. The van der Waals surface area contributed by atoms with Gasteiger partial charge in [-0.1, -0.05) is 38.1 Å². The van der Waals surface area contributed by atoms with Crippen molar-refractivity contribution in [3.05, 3.63) is 78.0 Å². The Hall–Kier alpha value is -3.58. The average molecular weight is 450 g/mol. The number of methoxy groups -OCH3 is 1. The predicted octanol–water partition coefficient (Wildman–Crippen LogP) is 4.53. The summed E-state index contributed by atoms with van der Waals surface area (Å²) < 4.78 is 17.2. The summed E-state index contributed by atoms with van der Waals surface area (Å²) in [6.45, 7) is 8.01. The third kappa shape index (κ3) is 6.95. The van der Waals surface area contributed by atoms with E-state index in [1.165, 1.54) is 0 Å². The van der Waals surface area contributed by atoms with E-state index < -0.39 is 0 Å². The van der Waals surface area contributed by atoms with Crippen molar-refractivity contribution >= 4 is 5.91 Å². The smallest absolute Gasteiger partial charge is 0.257 e. The molecule has 0 aliphatic carbocycles. The second kappa shape index (κ2) is 12.5. The van der Waals surface area contributed by atoms with Crippen molar-refractivity contribution in [3.8, 4) is 23.1 Å². The topological polar surface area (TPSA) is 72.9 Å². The zero-order valence-electron chi connectivity index (χ0n) is 19.4. The number of nitrogens with zero attached hydrogens (tertiary/aromatic N) is 2. The Morgan fingerprint density at radius 3 is 2.52 bits per heavy atom. The number of carbonyl (C=O) groups excluding carboxylic acids is 1. The molecule has 1 N–H and O–H groups in total. The molecule has 1 amide bonds. The fourth-order valence-electron chi connectivity index (χ4n) is 3.29. The molecule has 7 heteroatoms. The summed E-state index contributed by atoms with van der Waals surface area (Å²) in [6.07, 6.45) is 1.60. The Balaban J connectivity index is 1.61. The van der Waals surface area contributed by atoms with E-state index in [2.05, 4.69) is 29.0 Å². The molecule has 0 bridgehead atoms. The Labute approximate surface area is 195 Å². The fourth-order valence-corrected chi connectivity index (χ4v) is 3.29. The van der Waals surface area contributed by atoms with Gasteiger partial charge in [-0.2, -0.15) is 0 Å². The normalized spacial score (nSPS) is 10.7. The molecule has 2 aromatic carbocycles. The van der Waals surface area contributed by atoms with Gasteiger partial charge in [-0.15, -0.1) is 0 Å². The second-order valence-corrected chi connectivity index (χ2v) is 7.31. The number of rotatable bonds is 12. The molecule has 1 aromatic heterocycles. The van der Waals surface area contributed by atoms with Gasteiger partial charge in [0.15, 0.2) is 11.5 Å². The molecule has 1 heterocycles. The summed E-state index contributed by atoms with van der Waals surface area (Å²) in [7, 11) is 1.61. The van der Waals surface area contributed by atoms with Crippen LogP contribution in [0.2, 0.25) is 0 Å². The molecule has 0 aliphatic heterocycles. The second-order valence-electron chi connectivity index (χ2n) is 7.31. The maximum atomic E-state index is 12.8. The molecular formula is C26H31N3O4. The molecule has 3 rings (SSSR count). The van der Waals surface area contributed by atoms with Crippen LogP contribution in [0, 0.1) is 0 Å². The monoisotopic (exact) mass is 449 g/mol. The van der Waals surface area contributed by atoms with Crippen molar-refractivity contribution in [2.24, 2.45) is 0 Å². The van der Waals surface area contributed by atoms with Gasteiger partial charge in [0.25, 0.3) is 5.91 Å². The largest absolute Gasteiger partial charge is 0.493 e. The third-order valence-electron chi connectivity index (χ3n) is 5.21. The number of benzene rings is 2. The number of pyridine rings is 1. The lowest BCUT2D eigenvalue weighted by Crippen LogP contribution is -2.28. The number of hydrogen-bond donors (Lipinski definition) is 1. The van der Waals surface area contributed by atoms with Crippen molar-refractivity contribution in [1.82, 2.24) is 15.2 Å². The molecule has 0 saturated heterocycles. The van der Waals surface area contributed by atoms with Crippen molar-refractivity contribution < 1.29 is 19.0 Å². The summed E-state index contributed by atoms with van der Waals surface area (Å²) in [5, 5.41) is 2.92. The Bertz CT molecular complexity index is 1020. The van der Waals surface area contributed by atoms with Gasteiger partial charge >= 0.3 is 0 Å². The molecule has 0 saturated carbocycles. The summed E-state index contributed by atoms with van der Waals surface area (Å²) in [5.41, 5.74) is 1.26. The maximum Gasteiger partial charge on any atom is 0.257 e. The standard InChI is InChI=1S/C26H31N3O4/c1-4-29(5-2)16-17-32-23-14-13-20(18-24(23)31-3)19-28-25(30)22-12-9-15-27-26(22)33-21-10-7-6-8-11-21/h6-15,18H,4-5,16-17,19H2,1-3H3,(H,28,30). The summed E-state index contributed by atoms with van der Waals surface area (Å²) >= 11 is 0. The van der Waals surface area contributed by atoms with Crippen LogP contribution in [0.1, 0.15) is 29.8 Å². The van der Waals surface area contributed by atoms with E-state index in [0.29, 0.717) is 36.0 Å². The van der Waals surface area contributed by atoms with Crippen LogP contribution >= 0.6 is 0 Å². The minimum absolute atomic E-state index is 0.260. The first-order valence-electron chi connectivity index (χ1n) is 11.1. The van der Waals surface area contributed by atoms with E-state index in [1.54, 1.807) is 25.4 Å². The van der Waals surface area contributed by atoms with E-state index in [-0.39, 0.29) is 11.8 Å². The van der Waals surface area contributed by atoms with Gasteiger partial charge in [0.2, 0.25) is 5.88 Å². The Kier molecular flexibility index (Phi) is 9.08. The van der Waals surface area contributed by atoms with E-state index in [4.69, 9.17) is 14.2 Å². The van der Waals surface area contributed by atoms with Crippen molar-refractivity contribution in [2.45, 2.75) is 20.4 Å². The predicted molar refractivity (Wildman–Crippen MR) is 128 cm³/mol. The van der Waals surface area contributed by atoms with Crippen LogP contribution in [0.4, 0.5) is 0 Å². The molecule has 0 spiro atoms. The highest BCUT2D eigenvalue weighted by Crippen LogP contribution is 2.28. The summed E-state index contributed by atoms with van der Waals surface area (Å²) in [6, 6.07) is 18.3. The average Bonchev–Trinajstić information content (AvgIpc) is 2.86. The van der Waals surface area contributed by atoms with Crippen molar-refractivity contribution in [1.29, 1.82) is 0 Å². The highest BCUT2D eigenvalue weighted by Gasteiger charge is 2.15. The lowest BCUT2D eigenvalue weighted by atomic mass is 10.2. The minimum atomic E-state index is -0.271. The molecule has 0 atom stereocenters. The van der Waals surface area contributed by atoms with Gasteiger partial charge in [0, 0.05) is 19.3 Å². The molecule has 7 nitrogen and oxygen atoms in total. The van der Waals surface area contributed by atoms with E-state index in [0.717, 1.165) is 25.2 Å². The molecule has 0 aliphatic rings. The number of likely N-dealkylation sites (N-methyl/N-ethyl adjacent to an activating group) is 1. The number of ether oxygens (including phenoxy) is 3. The fraction of sp³-hybridized carbons (Fsp3) is 0.308. The van der Waals surface area contributed by atoms with E-state index in [1.807, 2.05) is 48.5 Å². The molecule has 33 heavy (non-hydrogen) atoms. The Morgan fingerprint density at radius 2 is 1.79 bits per heavy atom. The first-order valence-corrected chi connectivity index (χ1v) is 11.1. The van der Waals surface area contributed by atoms with Gasteiger partial charge in [0.05, 0.1) is 7.11 Å². The van der Waals surface area contributed by atoms with Crippen LogP contribution in [-0.2, 0) is 6.54 Å². The van der Waals surface area contributed by atoms with Crippen LogP contribution in [0.25, 0.3) is 0 Å². The molecule has 0 unspecified atom stereocenters. The van der Waals surface area contributed by atoms with Crippen molar-refractivity contribution in [2.75, 3.05) is 33.4 Å². The van der Waals surface area contributed by atoms with Crippen LogP contribution < -0.4 is 19.5 Å². The first kappa shape index (κ1) is 24.1. The van der Waals surface area contributed by atoms with Crippen LogP contribution in [0.3, 0.4) is 0 Å². The SMILES string of the molecule is CCN(CC)CCOc1ccc(CNC(=O)c2cccnc2Oc2ccccc2)cc1OC. The lowest BCUT2D eigenvalue weighted by molar-refractivity contribution is 0.0948. The quantitative estimate of drug-likeness (QED) is 0.438. The Morgan fingerprint density at radius 1 is 1.00 bits per heavy atom. The molecule has 0 fully saturated rings.